The second kappa shape index (κ2) is 5.20. The molecule has 0 bridgehead atoms. The summed E-state index contributed by atoms with van der Waals surface area (Å²) in [7, 11) is -3.63. The Balaban J connectivity index is 2.25. The predicted octanol–water partition coefficient (Wildman–Crippen LogP) is 0.536. The maximum Gasteiger partial charge on any atom is 0.243 e. The Labute approximate surface area is 113 Å². The molecule has 19 heavy (non-hydrogen) atoms. The number of nitrogens with zero attached hydrogens (tertiary/aromatic N) is 1. The lowest BCUT2D eigenvalue weighted by Gasteiger charge is -2.16. The van der Waals surface area contributed by atoms with Crippen molar-refractivity contribution in [3.63, 3.8) is 0 Å². The topological polar surface area (TPSA) is 77.8 Å². The first-order valence-corrected chi connectivity index (χ1v) is 7.72. The van der Waals surface area contributed by atoms with E-state index in [1.807, 2.05) is 13.8 Å². The van der Waals surface area contributed by atoms with Crippen LogP contribution >= 0.6 is 0 Å². The van der Waals surface area contributed by atoms with Gasteiger partial charge >= 0.3 is 0 Å². The zero-order chi connectivity index (χ0) is 14.2. The van der Waals surface area contributed by atoms with Crippen LogP contribution in [0.15, 0.2) is 29.2 Å². The van der Waals surface area contributed by atoms with E-state index < -0.39 is 22.2 Å². The van der Waals surface area contributed by atoms with Crippen molar-refractivity contribution in [2.75, 3.05) is 13.1 Å². The van der Waals surface area contributed by atoms with Crippen molar-refractivity contribution in [2.45, 2.75) is 36.9 Å². The summed E-state index contributed by atoms with van der Waals surface area (Å²) in [6, 6.07) is 6.73. The second-order valence-corrected chi connectivity index (χ2v) is 7.12. The van der Waals surface area contributed by atoms with E-state index in [9.17, 15) is 18.6 Å². The van der Waals surface area contributed by atoms with Crippen LogP contribution in [0, 0.1) is 0 Å². The number of aliphatic hydroxyl groups is 2. The molecule has 1 fully saturated rings. The standard InChI is InChI=1S/C13H19NO4S/c1-9(2)10-3-5-11(6-4-10)19(17,18)14-7-12(15)13(16)8-14/h3-6,9,12-13,15-16H,7-8H2,1-2H3/t12-,13+. The van der Waals surface area contributed by atoms with E-state index in [2.05, 4.69) is 0 Å². The van der Waals surface area contributed by atoms with Gasteiger partial charge in [-0.2, -0.15) is 4.31 Å². The molecule has 1 saturated heterocycles. The average molecular weight is 285 g/mol. The molecular formula is C13H19NO4S. The Bertz CT molecular complexity index is 528. The number of sulfonamides is 1. The summed E-state index contributed by atoms with van der Waals surface area (Å²) < 4.78 is 25.7. The van der Waals surface area contributed by atoms with Crippen molar-refractivity contribution in [1.29, 1.82) is 0 Å². The molecule has 0 spiro atoms. The number of rotatable bonds is 3. The highest BCUT2D eigenvalue weighted by atomic mass is 32.2. The van der Waals surface area contributed by atoms with E-state index in [1.165, 1.54) is 0 Å². The van der Waals surface area contributed by atoms with Crippen molar-refractivity contribution in [3.05, 3.63) is 29.8 Å². The Morgan fingerprint density at radius 1 is 1.11 bits per heavy atom. The molecule has 2 N–H and O–H groups in total. The molecule has 1 heterocycles. The van der Waals surface area contributed by atoms with Gasteiger partial charge in [-0.05, 0) is 23.6 Å². The minimum atomic E-state index is -3.63. The van der Waals surface area contributed by atoms with Crippen LogP contribution in [0.25, 0.3) is 0 Å². The normalized spacial score (nSPS) is 25.1. The van der Waals surface area contributed by atoms with Crippen molar-refractivity contribution >= 4 is 10.0 Å². The van der Waals surface area contributed by atoms with E-state index in [4.69, 9.17) is 0 Å². The SMILES string of the molecule is CC(C)c1ccc(S(=O)(=O)N2C[C@@H](O)[C@@H](O)C2)cc1. The van der Waals surface area contributed by atoms with E-state index in [0.717, 1.165) is 9.87 Å². The molecule has 106 valence electrons. The number of benzene rings is 1. The fourth-order valence-electron chi connectivity index (χ4n) is 2.11. The highest BCUT2D eigenvalue weighted by molar-refractivity contribution is 7.89. The Hall–Kier alpha value is -0.950. The molecule has 0 radical (unpaired) electrons. The molecule has 0 amide bonds. The van der Waals surface area contributed by atoms with Gasteiger partial charge < -0.3 is 10.2 Å². The van der Waals surface area contributed by atoms with Crippen LogP contribution in [-0.2, 0) is 10.0 Å². The molecule has 2 atom stereocenters. The van der Waals surface area contributed by atoms with Gasteiger partial charge in [-0.15, -0.1) is 0 Å². The highest BCUT2D eigenvalue weighted by Gasteiger charge is 2.37. The summed E-state index contributed by atoms with van der Waals surface area (Å²) in [4.78, 5) is 0.193. The Morgan fingerprint density at radius 2 is 1.58 bits per heavy atom. The monoisotopic (exact) mass is 285 g/mol. The second-order valence-electron chi connectivity index (χ2n) is 5.18. The smallest absolute Gasteiger partial charge is 0.243 e. The molecule has 5 nitrogen and oxygen atoms in total. The molecule has 0 aromatic heterocycles. The summed E-state index contributed by atoms with van der Waals surface area (Å²) in [5, 5.41) is 18.9. The van der Waals surface area contributed by atoms with Gasteiger partial charge in [0.2, 0.25) is 10.0 Å². The van der Waals surface area contributed by atoms with Gasteiger partial charge in [-0.25, -0.2) is 8.42 Å². The van der Waals surface area contributed by atoms with E-state index in [1.54, 1.807) is 24.3 Å². The molecule has 1 aliphatic rings. The Kier molecular flexibility index (Phi) is 3.96. The number of β-amino-alcohol motifs (C(OH)–C–C–N with tert-alkyl or cyclic N) is 2. The third-order valence-corrected chi connectivity index (χ3v) is 5.26. The van der Waals surface area contributed by atoms with Gasteiger partial charge in [-0.3, -0.25) is 0 Å². The molecule has 1 aromatic carbocycles. The summed E-state index contributed by atoms with van der Waals surface area (Å²) in [6.45, 7) is 3.96. The van der Waals surface area contributed by atoms with Crippen LogP contribution in [0.2, 0.25) is 0 Å². The van der Waals surface area contributed by atoms with Crippen LogP contribution < -0.4 is 0 Å². The van der Waals surface area contributed by atoms with Crippen LogP contribution in [-0.4, -0.2) is 48.2 Å². The van der Waals surface area contributed by atoms with Crippen LogP contribution in [0.3, 0.4) is 0 Å². The van der Waals surface area contributed by atoms with E-state index in [-0.39, 0.29) is 18.0 Å². The fourth-order valence-corrected chi connectivity index (χ4v) is 3.58. The molecular weight excluding hydrogens is 266 g/mol. The van der Waals surface area contributed by atoms with E-state index in [0.29, 0.717) is 5.92 Å². The maximum absolute atomic E-state index is 12.3. The zero-order valence-corrected chi connectivity index (χ0v) is 11.8. The average Bonchev–Trinajstić information content (AvgIpc) is 2.70. The number of hydrogen-bond acceptors (Lipinski definition) is 4. The largest absolute Gasteiger partial charge is 0.389 e. The fraction of sp³-hybridized carbons (Fsp3) is 0.538. The minimum absolute atomic E-state index is 0.0601. The first-order valence-electron chi connectivity index (χ1n) is 6.28. The lowest BCUT2D eigenvalue weighted by atomic mass is 10.0. The zero-order valence-electron chi connectivity index (χ0n) is 11.0. The van der Waals surface area contributed by atoms with Crippen molar-refractivity contribution in [1.82, 2.24) is 4.31 Å². The summed E-state index contributed by atoms with van der Waals surface area (Å²) >= 11 is 0. The van der Waals surface area contributed by atoms with Gasteiger partial charge in [-0.1, -0.05) is 26.0 Å². The highest BCUT2D eigenvalue weighted by Crippen LogP contribution is 2.23. The molecule has 1 aromatic rings. The first kappa shape index (κ1) is 14.5. The quantitative estimate of drug-likeness (QED) is 0.849. The molecule has 1 aliphatic heterocycles. The van der Waals surface area contributed by atoms with Crippen LogP contribution in [0.1, 0.15) is 25.3 Å². The van der Waals surface area contributed by atoms with E-state index >= 15 is 0 Å². The lowest BCUT2D eigenvalue weighted by molar-refractivity contribution is 0.0572. The lowest BCUT2D eigenvalue weighted by Crippen LogP contribution is -2.29. The van der Waals surface area contributed by atoms with Crippen LogP contribution in [0.4, 0.5) is 0 Å². The van der Waals surface area contributed by atoms with Gasteiger partial charge in [0.1, 0.15) is 0 Å². The number of hydrogen-bond donors (Lipinski definition) is 2. The third-order valence-electron chi connectivity index (χ3n) is 3.41. The van der Waals surface area contributed by atoms with Gasteiger partial charge in [0, 0.05) is 13.1 Å². The van der Waals surface area contributed by atoms with Crippen LogP contribution in [0.5, 0.6) is 0 Å². The van der Waals surface area contributed by atoms with Gasteiger partial charge in [0.05, 0.1) is 17.1 Å². The van der Waals surface area contributed by atoms with Crippen molar-refractivity contribution in [2.24, 2.45) is 0 Å². The molecule has 6 heteroatoms. The number of aliphatic hydroxyl groups excluding tert-OH is 2. The first-order chi connectivity index (χ1) is 8.82. The summed E-state index contributed by atoms with van der Waals surface area (Å²) in [5.41, 5.74) is 1.07. The van der Waals surface area contributed by atoms with Gasteiger partial charge in [0.25, 0.3) is 0 Å². The minimum Gasteiger partial charge on any atom is -0.389 e. The van der Waals surface area contributed by atoms with Gasteiger partial charge in [0.15, 0.2) is 0 Å². The summed E-state index contributed by atoms with van der Waals surface area (Å²) in [6.07, 6.45) is -2.02. The van der Waals surface area contributed by atoms with Crippen molar-refractivity contribution in [3.8, 4) is 0 Å². The predicted molar refractivity (Wildman–Crippen MR) is 71.3 cm³/mol. The van der Waals surface area contributed by atoms with Crippen molar-refractivity contribution < 1.29 is 18.6 Å². The summed E-state index contributed by atoms with van der Waals surface area (Å²) in [5.74, 6) is 0.340. The Morgan fingerprint density at radius 3 is 2.00 bits per heavy atom. The maximum atomic E-state index is 12.3. The molecule has 0 unspecified atom stereocenters. The molecule has 0 saturated carbocycles. The molecule has 0 aliphatic carbocycles. The molecule has 2 rings (SSSR count). The third kappa shape index (κ3) is 2.81.